The Balaban J connectivity index is 3.22. The average Bonchev–Trinajstić information content (AvgIpc) is 2.07. The van der Waals surface area contributed by atoms with Crippen LogP contribution in [0.2, 0.25) is 0 Å². The minimum Gasteiger partial charge on any atom is -0.352 e. The minimum absolute atomic E-state index is 0.0833. The number of rotatable bonds is 1. The van der Waals surface area contributed by atoms with Gasteiger partial charge in [0, 0.05) is 24.5 Å². The number of hydrogen-bond acceptors (Lipinski definition) is 0. The molecule has 0 fully saturated rings. The smallest absolute Gasteiger partial charge is 0.144 e. The summed E-state index contributed by atoms with van der Waals surface area (Å²) in [6.07, 6.45) is 1.53. The first kappa shape index (κ1) is 8.31. The zero-order valence-electron chi connectivity index (χ0n) is 7.48. The quantitative estimate of drug-likeness (QED) is 0.587. The van der Waals surface area contributed by atoms with E-state index in [2.05, 4.69) is 0 Å². The van der Waals surface area contributed by atoms with Crippen molar-refractivity contribution in [1.29, 1.82) is 0 Å². The molecule has 0 aliphatic rings. The van der Waals surface area contributed by atoms with Gasteiger partial charge in [0.15, 0.2) is 0 Å². The first-order valence-electron chi connectivity index (χ1n) is 3.85. The molecule has 11 heavy (non-hydrogen) atoms. The van der Waals surface area contributed by atoms with Crippen LogP contribution in [0.3, 0.4) is 0 Å². The van der Waals surface area contributed by atoms with Gasteiger partial charge in [-0.15, -0.1) is 0 Å². The van der Waals surface area contributed by atoms with Crippen molar-refractivity contribution < 1.29 is 4.39 Å². The number of halogens is 1. The first-order valence-corrected chi connectivity index (χ1v) is 3.85. The topological polar surface area (TPSA) is 4.93 Å². The van der Waals surface area contributed by atoms with E-state index in [4.69, 9.17) is 0 Å². The first-order chi connectivity index (χ1) is 5.04. The van der Waals surface area contributed by atoms with Crippen LogP contribution in [-0.2, 0) is 7.05 Å². The molecule has 0 unspecified atom stereocenters. The summed E-state index contributed by atoms with van der Waals surface area (Å²) >= 11 is 0. The van der Waals surface area contributed by atoms with Crippen molar-refractivity contribution in [3.63, 3.8) is 0 Å². The molecule has 0 saturated carbocycles. The number of aromatic nitrogens is 1. The van der Waals surface area contributed by atoms with Crippen molar-refractivity contribution >= 4 is 0 Å². The number of aryl methyl sites for hydroxylation is 1. The molecule has 0 saturated heterocycles. The van der Waals surface area contributed by atoms with E-state index in [1.54, 1.807) is 0 Å². The SMILES string of the molecule is Cc1c(C(C)C)c(F)cn1C. The third-order valence-corrected chi connectivity index (χ3v) is 2.06. The molecule has 0 radical (unpaired) electrons. The van der Waals surface area contributed by atoms with Crippen molar-refractivity contribution in [2.75, 3.05) is 0 Å². The monoisotopic (exact) mass is 155 g/mol. The second kappa shape index (κ2) is 2.68. The predicted molar refractivity (Wildman–Crippen MR) is 44.2 cm³/mol. The van der Waals surface area contributed by atoms with Crippen molar-refractivity contribution in [1.82, 2.24) is 4.57 Å². The maximum absolute atomic E-state index is 13.1. The van der Waals surface area contributed by atoms with Crippen LogP contribution in [0.1, 0.15) is 31.0 Å². The van der Waals surface area contributed by atoms with Gasteiger partial charge in [-0.1, -0.05) is 13.8 Å². The molecular weight excluding hydrogens is 141 g/mol. The summed E-state index contributed by atoms with van der Waals surface area (Å²) in [7, 11) is 1.87. The van der Waals surface area contributed by atoms with Gasteiger partial charge in [0.25, 0.3) is 0 Å². The molecule has 1 rings (SSSR count). The van der Waals surface area contributed by atoms with Crippen LogP contribution in [0.15, 0.2) is 6.20 Å². The van der Waals surface area contributed by atoms with Gasteiger partial charge in [-0.25, -0.2) is 4.39 Å². The number of nitrogens with zero attached hydrogens (tertiary/aromatic N) is 1. The molecule has 0 bridgehead atoms. The fourth-order valence-corrected chi connectivity index (χ4v) is 1.39. The normalized spacial score (nSPS) is 11.1. The zero-order chi connectivity index (χ0) is 8.59. The predicted octanol–water partition coefficient (Wildman–Crippen LogP) is 2.60. The van der Waals surface area contributed by atoms with Crippen LogP contribution < -0.4 is 0 Å². The third kappa shape index (κ3) is 1.30. The van der Waals surface area contributed by atoms with Crippen LogP contribution >= 0.6 is 0 Å². The maximum atomic E-state index is 13.1. The van der Waals surface area contributed by atoms with Crippen molar-refractivity contribution in [2.24, 2.45) is 7.05 Å². The summed E-state index contributed by atoms with van der Waals surface area (Å²) < 4.78 is 14.9. The van der Waals surface area contributed by atoms with Gasteiger partial charge < -0.3 is 4.57 Å². The lowest BCUT2D eigenvalue weighted by Gasteiger charge is -2.04. The number of hydrogen-bond donors (Lipinski definition) is 0. The Morgan fingerprint density at radius 3 is 2.18 bits per heavy atom. The Kier molecular flexibility index (Phi) is 2.03. The zero-order valence-corrected chi connectivity index (χ0v) is 7.48. The van der Waals surface area contributed by atoms with Gasteiger partial charge in [-0.3, -0.25) is 0 Å². The Morgan fingerprint density at radius 2 is 2.00 bits per heavy atom. The highest BCUT2D eigenvalue weighted by Gasteiger charge is 2.12. The molecule has 2 heteroatoms. The van der Waals surface area contributed by atoms with Crippen LogP contribution in [0, 0.1) is 12.7 Å². The van der Waals surface area contributed by atoms with Crippen LogP contribution in [0.25, 0.3) is 0 Å². The highest BCUT2D eigenvalue weighted by molar-refractivity contribution is 5.25. The molecule has 0 aromatic carbocycles. The van der Waals surface area contributed by atoms with Gasteiger partial charge in [0.05, 0.1) is 0 Å². The summed E-state index contributed by atoms with van der Waals surface area (Å²) in [5, 5.41) is 0. The molecule has 1 heterocycles. The Labute approximate surface area is 66.8 Å². The summed E-state index contributed by atoms with van der Waals surface area (Å²) in [5.74, 6) is 0.191. The summed E-state index contributed by atoms with van der Waals surface area (Å²) in [4.78, 5) is 0. The van der Waals surface area contributed by atoms with Crippen LogP contribution in [0.4, 0.5) is 4.39 Å². The molecule has 0 aliphatic heterocycles. The largest absolute Gasteiger partial charge is 0.352 e. The van der Waals surface area contributed by atoms with E-state index in [9.17, 15) is 4.39 Å². The Morgan fingerprint density at radius 1 is 1.45 bits per heavy atom. The fourth-order valence-electron chi connectivity index (χ4n) is 1.39. The van der Waals surface area contributed by atoms with Gasteiger partial charge in [0.1, 0.15) is 5.82 Å². The van der Waals surface area contributed by atoms with Gasteiger partial charge >= 0.3 is 0 Å². The van der Waals surface area contributed by atoms with Crippen LogP contribution in [-0.4, -0.2) is 4.57 Å². The molecule has 0 aliphatic carbocycles. The van der Waals surface area contributed by atoms with Gasteiger partial charge in [0.2, 0.25) is 0 Å². The maximum Gasteiger partial charge on any atom is 0.144 e. The molecule has 1 nitrogen and oxygen atoms in total. The van der Waals surface area contributed by atoms with Crippen molar-refractivity contribution in [3.8, 4) is 0 Å². The van der Waals surface area contributed by atoms with Crippen molar-refractivity contribution in [2.45, 2.75) is 26.7 Å². The lowest BCUT2D eigenvalue weighted by molar-refractivity contribution is 0.600. The average molecular weight is 155 g/mol. The summed E-state index contributed by atoms with van der Waals surface area (Å²) in [6.45, 7) is 5.95. The van der Waals surface area contributed by atoms with E-state index in [0.29, 0.717) is 0 Å². The van der Waals surface area contributed by atoms with Gasteiger partial charge in [-0.05, 0) is 12.8 Å². The van der Waals surface area contributed by atoms with Gasteiger partial charge in [-0.2, -0.15) is 0 Å². The molecule has 0 atom stereocenters. The van der Waals surface area contributed by atoms with E-state index < -0.39 is 0 Å². The van der Waals surface area contributed by atoms with E-state index in [1.807, 2.05) is 32.4 Å². The van der Waals surface area contributed by atoms with E-state index >= 15 is 0 Å². The fraction of sp³-hybridized carbons (Fsp3) is 0.556. The Hall–Kier alpha value is -0.790. The second-order valence-corrected chi connectivity index (χ2v) is 3.24. The third-order valence-electron chi connectivity index (χ3n) is 2.06. The molecular formula is C9H14FN. The van der Waals surface area contributed by atoms with E-state index in [0.717, 1.165) is 11.3 Å². The van der Waals surface area contributed by atoms with Crippen LogP contribution in [0.5, 0.6) is 0 Å². The van der Waals surface area contributed by atoms with E-state index in [1.165, 1.54) is 6.20 Å². The molecule has 1 aromatic rings. The highest BCUT2D eigenvalue weighted by Crippen LogP contribution is 2.22. The molecule has 0 N–H and O–H groups in total. The summed E-state index contributed by atoms with van der Waals surface area (Å²) in [5.41, 5.74) is 1.87. The highest BCUT2D eigenvalue weighted by atomic mass is 19.1. The van der Waals surface area contributed by atoms with Crippen molar-refractivity contribution in [3.05, 3.63) is 23.3 Å². The second-order valence-electron chi connectivity index (χ2n) is 3.24. The molecule has 0 spiro atoms. The van der Waals surface area contributed by atoms with E-state index in [-0.39, 0.29) is 11.7 Å². The standard InChI is InChI=1S/C9H14FN/c1-6(2)9-7(3)11(4)5-8(9)10/h5-6H,1-4H3. The Bertz CT molecular complexity index is 261. The molecule has 1 aromatic heterocycles. The molecule has 0 amide bonds. The minimum atomic E-state index is -0.0833. The summed E-state index contributed by atoms with van der Waals surface area (Å²) in [6, 6.07) is 0. The molecule has 62 valence electrons. The lowest BCUT2D eigenvalue weighted by atomic mass is 10.0. The lowest BCUT2D eigenvalue weighted by Crippen LogP contribution is -1.94.